The van der Waals surface area contributed by atoms with E-state index in [4.69, 9.17) is 5.73 Å². The number of aryl methyl sites for hydroxylation is 2. The summed E-state index contributed by atoms with van der Waals surface area (Å²) in [6.45, 7) is 5.45. The number of amides is 1. The van der Waals surface area contributed by atoms with Crippen LogP contribution in [-0.4, -0.2) is 26.1 Å². The highest BCUT2D eigenvalue weighted by molar-refractivity contribution is 5.76. The fraction of sp³-hybridized carbons (Fsp3) is 0.667. The molecule has 0 radical (unpaired) electrons. The maximum Gasteiger partial charge on any atom is 0.334 e. The zero-order chi connectivity index (χ0) is 15.5. The molecule has 0 saturated carbocycles. The molecule has 8 heteroatoms. The van der Waals surface area contributed by atoms with Gasteiger partial charge in [0.15, 0.2) is 0 Å². The van der Waals surface area contributed by atoms with E-state index in [9.17, 15) is 14.9 Å². The summed E-state index contributed by atoms with van der Waals surface area (Å²) < 4.78 is 1.44. The fourth-order valence-electron chi connectivity index (χ4n) is 2.11. The SMILES string of the molecule is CCCc1nn(C)c(NC(C)(C)CC(N)=O)c1[N+](=O)[O-]. The Morgan fingerprint density at radius 1 is 1.55 bits per heavy atom. The molecule has 0 atom stereocenters. The number of carbonyl (C=O) groups excluding carboxylic acids is 1. The molecular formula is C12H21N5O3. The Hall–Kier alpha value is -2.12. The molecule has 0 unspecified atom stereocenters. The molecule has 0 spiro atoms. The van der Waals surface area contributed by atoms with Gasteiger partial charge in [-0.2, -0.15) is 5.10 Å². The van der Waals surface area contributed by atoms with Gasteiger partial charge in [-0.3, -0.25) is 14.9 Å². The van der Waals surface area contributed by atoms with Gasteiger partial charge >= 0.3 is 5.69 Å². The number of rotatable bonds is 7. The van der Waals surface area contributed by atoms with Crippen molar-refractivity contribution >= 4 is 17.4 Å². The predicted molar refractivity (Wildman–Crippen MR) is 75.4 cm³/mol. The highest BCUT2D eigenvalue weighted by Crippen LogP contribution is 2.31. The minimum atomic E-state index is -0.687. The summed E-state index contributed by atoms with van der Waals surface area (Å²) in [5, 5.41) is 18.4. The Morgan fingerprint density at radius 3 is 2.60 bits per heavy atom. The van der Waals surface area contributed by atoms with E-state index in [2.05, 4.69) is 10.4 Å². The predicted octanol–water partition coefficient (Wildman–Crippen LogP) is 1.35. The second-order valence-electron chi connectivity index (χ2n) is 5.43. The summed E-state index contributed by atoms with van der Waals surface area (Å²) >= 11 is 0. The summed E-state index contributed by atoms with van der Waals surface area (Å²) in [4.78, 5) is 21.9. The van der Waals surface area contributed by atoms with Crippen LogP contribution in [0.2, 0.25) is 0 Å². The molecule has 1 aromatic heterocycles. The van der Waals surface area contributed by atoms with Crippen molar-refractivity contribution in [2.24, 2.45) is 12.8 Å². The molecule has 0 bridgehead atoms. The van der Waals surface area contributed by atoms with Crippen LogP contribution >= 0.6 is 0 Å². The van der Waals surface area contributed by atoms with E-state index in [1.165, 1.54) is 4.68 Å². The number of hydrogen-bond donors (Lipinski definition) is 2. The molecule has 0 fully saturated rings. The number of hydrogen-bond acceptors (Lipinski definition) is 5. The highest BCUT2D eigenvalue weighted by Gasteiger charge is 2.30. The monoisotopic (exact) mass is 283 g/mol. The zero-order valence-corrected chi connectivity index (χ0v) is 12.3. The van der Waals surface area contributed by atoms with Crippen molar-refractivity contribution in [3.05, 3.63) is 15.8 Å². The van der Waals surface area contributed by atoms with E-state index in [1.807, 2.05) is 6.92 Å². The van der Waals surface area contributed by atoms with Crippen molar-refractivity contribution < 1.29 is 9.72 Å². The average Bonchev–Trinajstić information content (AvgIpc) is 2.53. The topological polar surface area (TPSA) is 116 Å². The lowest BCUT2D eigenvalue weighted by Crippen LogP contribution is -2.36. The van der Waals surface area contributed by atoms with E-state index in [0.717, 1.165) is 6.42 Å². The molecular weight excluding hydrogens is 262 g/mol. The summed E-state index contributed by atoms with van der Waals surface area (Å²) in [6, 6.07) is 0. The standard InChI is InChI=1S/C12H21N5O3/c1-5-6-8-10(17(19)20)11(16(4)15-8)14-12(2,3)7-9(13)18/h14H,5-7H2,1-4H3,(H2,13,18). The molecule has 0 aliphatic heterocycles. The maximum absolute atomic E-state index is 11.3. The van der Waals surface area contributed by atoms with Gasteiger partial charge in [-0.15, -0.1) is 0 Å². The van der Waals surface area contributed by atoms with Crippen LogP contribution in [0, 0.1) is 10.1 Å². The lowest BCUT2D eigenvalue weighted by Gasteiger charge is -2.25. The number of nitrogens with two attached hydrogens (primary N) is 1. The van der Waals surface area contributed by atoms with E-state index >= 15 is 0 Å². The van der Waals surface area contributed by atoms with Crippen molar-refractivity contribution in [3.63, 3.8) is 0 Å². The molecule has 0 aliphatic carbocycles. The molecule has 0 saturated heterocycles. The van der Waals surface area contributed by atoms with Crippen LogP contribution in [0.25, 0.3) is 0 Å². The summed E-state index contributed by atoms with van der Waals surface area (Å²) in [5.41, 5.74) is 4.91. The average molecular weight is 283 g/mol. The maximum atomic E-state index is 11.3. The van der Waals surface area contributed by atoms with Gasteiger partial charge in [0.2, 0.25) is 11.7 Å². The normalized spacial score (nSPS) is 11.4. The molecule has 3 N–H and O–H groups in total. The summed E-state index contributed by atoms with van der Waals surface area (Å²) in [5.74, 6) is -0.175. The molecule has 0 aliphatic rings. The van der Waals surface area contributed by atoms with Gasteiger partial charge < -0.3 is 11.1 Å². The van der Waals surface area contributed by atoms with E-state index < -0.39 is 16.4 Å². The van der Waals surface area contributed by atoms with Crippen molar-refractivity contribution in [2.45, 2.75) is 45.6 Å². The number of nitrogens with one attached hydrogen (secondary N) is 1. The molecule has 1 heterocycles. The van der Waals surface area contributed by atoms with Crippen LogP contribution in [0.1, 0.15) is 39.3 Å². The van der Waals surface area contributed by atoms with Crippen molar-refractivity contribution in [3.8, 4) is 0 Å². The lowest BCUT2D eigenvalue weighted by atomic mass is 10.0. The van der Waals surface area contributed by atoms with Crippen LogP contribution in [0.4, 0.5) is 11.5 Å². The van der Waals surface area contributed by atoms with Gasteiger partial charge in [0.1, 0.15) is 5.69 Å². The molecule has 1 amide bonds. The van der Waals surface area contributed by atoms with Crippen molar-refractivity contribution in [2.75, 3.05) is 5.32 Å². The third-order valence-corrected chi connectivity index (χ3v) is 2.83. The van der Waals surface area contributed by atoms with Crippen LogP contribution in [0.15, 0.2) is 0 Å². The minimum Gasteiger partial charge on any atom is -0.370 e. The first-order valence-electron chi connectivity index (χ1n) is 6.44. The lowest BCUT2D eigenvalue weighted by molar-refractivity contribution is -0.384. The molecule has 1 aromatic rings. The number of nitro groups is 1. The van der Waals surface area contributed by atoms with Crippen LogP contribution in [0.5, 0.6) is 0 Å². The Labute approximate surface area is 117 Å². The summed E-state index contributed by atoms with van der Waals surface area (Å²) in [7, 11) is 1.63. The largest absolute Gasteiger partial charge is 0.370 e. The van der Waals surface area contributed by atoms with Gasteiger partial charge in [-0.1, -0.05) is 13.3 Å². The highest BCUT2D eigenvalue weighted by atomic mass is 16.6. The van der Waals surface area contributed by atoms with Gasteiger partial charge in [-0.05, 0) is 20.3 Å². The number of anilines is 1. The van der Waals surface area contributed by atoms with Crippen molar-refractivity contribution in [1.82, 2.24) is 9.78 Å². The minimum absolute atomic E-state index is 0.0353. The third kappa shape index (κ3) is 3.69. The zero-order valence-electron chi connectivity index (χ0n) is 12.3. The van der Waals surface area contributed by atoms with Crippen molar-refractivity contribution in [1.29, 1.82) is 0 Å². The summed E-state index contributed by atoms with van der Waals surface area (Å²) in [6.07, 6.45) is 1.36. The molecule has 20 heavy (non-hydrogen) atoms. The van der Waals surface area contributed by atoms with E-state index in [0.29, 0.717) is 17.9 Å². The van der Waals surface area contributed by atoms with Crippen LogP contribution in [0.3, 0.4) is 0 Å². The first kappa shape index (κ1) is 15.9. The molecule has 112 valence electrons. The number of primary amides is 1. The number of carbonyl (C=O) groups is 1. The van der Waals surface area contributed by atoms with Gasteiger partial charge in [0, 0.05) is 19.0 Å². The van der Waals surface area contributed by atoms with E-state index in [-0.39, 0.29) is 12.1 Å². The Kier molecular flexibility index (Phi) is 4.69. The Morgan fingerprint density at radius 2 is 2.15 bits per heavy atom. The van der Waals surface area contributed by atoms with Gasteiger partial charge in [-0.25, -0.2) is 4.68 Å². The molecule has 8 nitrogen and oxygen atoms in total. The fourth-order valence-corrected chi connectivity index (χ4v) is 2.11. The third-order valence-electron chi connectivity index (χ3n) is 2.83. The quantitative estimate of drug-likeness (QED) is 0.578. The Bertz CT molecular complexity index is 521. The molecule has 0 aromatic carbocycles. The van der Waals surface area contributed by atoms with E-state index in [1.54, 1.807) is 20.9 Å². The number of aromatic nitrogens is 2. The molecule has 1 rings (SSSR count). The first-order chi connectivity index (χ1) is 9.18. The Balaban J connectivity index is 3.17. The second kappa shape index (κ2) is 5.89. The first-order valence-corrected chi connectivity index (χ1v) is 6.44. The number of nitrogens with zero attached hydrogens (tertiary/aromatic N) is 3. The van der Waals surface area contributed by atoms with Gasteiger partial charge in [0.25, 0.3) is 0 Å². The van der Waals surface area contributed by atoms with Crippen LogP contribution < -0.4 is 11.1 Å². The second-order valence-corrected chi connectivity index (χ2v) is 5.43. The smallest absolute Gasteiger partial charge is 0.334 e. The van der Waals surface area contributed by atoms with Gasteiger partial charge in [0.05, 0.1) is 4.92 Å². The van der Waals surface area contributed by atoms with Crippen LogP contribution in [-0.2, 0) is 18.3 Å².